The van der Waals surface area contributed by atoms with Crippen molar-refractivity contribution in [2.24, 2.45) is 0 Å². The van der Waals surface area contributed by atoms with Crippen molar-refractivity contribution in [3.05, 3.63) is 108 Å². The van der Waals surface area contributed by atoms with Crippen LogP contribution < -0.4 is 10.2 Å². The van der Waals surface area contributed by atoms with Gasteiger partial charge in [0.05, 0.1) is 5.75 Å². The van der Waals surface area contributed by atoms with E-state index in [4.69, 9.17) is 0 Å². The second-order valence-electron chi connectivity index (χ2n) is 10.2. The van der Waals surface area contributed by atoms with Gasteiger partial charge >= 0.3 is 0 Å². The zero-order valence-corrected chi connectivity index (χ0v) is 24.9. The third-order valence-electron chi connectivity index (χ3n) is 6.81. The van der Waals surface area contributed by atoms with Gasteiger partial charge < -0.3 is 20.1 Å². The average molecular weight is 580 g/mol. The Morgan fingerprint density at radius 3 is 2.40 bits per heavy atom. The van der Waals surface area contributed by atoms with E-state index in [2.05, 4.69) is 25.3 Å². The Bertz CT molecular complexity index is 1670. The Hall–Kier alpha value is -4.70. The molecule has 0 saturated heterocycles. The lowest BCUT2D eigenvalue weighted by Crippen LogP contribution is -2.41. The van der Waals surface area contributed by atoms with Crippen LogP contribution in [-0.2, 0) is 16.1 Å². The Morgan fingerprint density at radius 2 is 1.71 bits per heavy atom. The zero-order valence-electron chi connectivity index (χ0n) is 24.0. The lowest BCUT2D eigenvalue weighted by Gasteiger charge is -2.31. The van der Waals surface area contributed by atoms with Gasteiger partial charge in [-0.2, -0.15) is 0 Å². The number of amides is 2. The quantitative estimate of drug-likeness (QED) is 0.165. The second kappa shape index (κ2) is 12.9. The van der Waals surface area contributed by atoms with E-state index in [1.807, 2.05) is 106 Å². The number of para-hydroxylation sites is 1. The van der Waals surface area contributed by atoms with E-state index in [0.717, 1.165) is 33.5 Å². The lowest BCUT2D eigenvalue weighted by atomic mass is 10.0. The summed E-state index contributed by atoms with van der Waals surface area (Å²) in [7, 11) is 3.92. The van der Waals surface area contributed by atoms with E-state index >= 15 is 0 Å². The van der Waals surface area contributed by atoms with Crippen LogP contribution in [0.1, 0.15) is 28.6 Å². The molecule has 9 nitrogen and oxygen atoms in total. The van der Waals surface area contributed by atoms with E-state index < -0.39 is 6.04 Å². The van der Waals surface area contributed by atoms with Crippen LogP contribution in [0.4, 0.5) is 11.4 Å². The second-order valence-corrected chi connectivity index (χ2v) is 11.2. The highest BCUT2D eigenvalue weighted by molar-refractivity contribution is 7.99. The molecule has 10 heteroatoms. The fraction of sp³-hybridized carbons (Fsp3) is 0.219. The molecule has 0 aliphatic heterocycles. The molecule has 0 saturated carbocycles. The summed E-state index contributed by atoms with van der Waals surface area (Å²) >= 11 is 1.26. The molecule has 0 aliphatic carbocycles. The van der Waals surface area contributed by atoms with Crippen molar-refractivity contribution >= 4 is 45.9 Å². The molecule has 0 spiro atoms. The number of carbonyl (C=O) groups is 2. The molecular weight excluding hydrogens is 546 g/mol. The first-order chi connectivity index (χ1) is 20.3. The first kappa shape index (κ1) is 28.8. The molecule has 5 rings (SSSR count). The Balaban J connectivity index is 1.53. The molecule has 214 valence electrons. The molecule has 1 atom stereocenters. The average Bonchev–Trinajstić information content (AvgIpc) is 3.39. The van der Waals surface area contributed by atoms with Gasteiger partial charge in [0.15, 0.2) is 5.16 Å². The summed E-state index contributed by atoms with van der Waals surface area (Å²) < 4.78 is 0. The molecule has 2 N–H and O–H groups in total. The normalized spacial score (nSPS) is 11.7. The zero-order chi connectivity index (χ0) is 29.6. The number of aryl methyl sites for hydroxylation is 2. The number of H-pyrrole nitrogens is 1. The van der Waals surface area contributed by atoms with E-state index in [1.54, 1.807) is 17.3 Å². The highest BCUT2D eigenvalue weighted by atomic mass is 32.2. The van der Waals surface area contributed by atoms with Crippen LogP contribution in [-0.4, -0.2) is 56.5 Å². The smallest absolute Gasteiger partial charge is 0.251 e. The number of aromatic nitrogens is 4. The van der Waals surface area contributed by atoms with Crippen LogP contribution in [0.25, 0.3) is 10.9 Å². The number of thioether (sulfide) groups is 1. The monoisotopic (exact) mass is 579 g/mol. The molecule has 0 radical (unpaired) electrons. The van der Waals surface area contributed by atoms with E-state index in [-0.39, 0.29) is 24.1 Å². The molecule has 5 aromatic rings. The van der Waals surface area contributed by atoms with Gasteiger partial charge in [-0.25, -0.2) is 9.97 Å². The van der Waals surface area contributed by atoms with E-state index in [9.17, 15) is 9.59 Å². The molecule has 0 bridgehead atoms. The first-order valence-corrected chi connectivity index (χ1v) is 14.5. The van der Waals surface area contributed by atoms with Crippen molar-refractivity contribution in [2.75, 3.05) is 30.1 Å². The highest BCUT2D eigenvalue weighted by Gasteiger charge is 2.33. The van der Waals surface area contributed by atoms with Crippen molar-refractivity contribution in [1.82, 2.24) is 24.8 Å². The first-order valence-electron chi connectivity index (χ1n) is 13.6. The van der Waals surface area contributed by atoms with Gasteiger partial charge in [0, 0.05) is 78.5 Å². The third-order valence-corrected chi connectivity index (χ3v) is 7.64. The molecule has 0 fully saturated rings. The summed E-state index contributed by atoms with van der Waals surface area (Å²) in [6.07, 6.45) is 5.21. The van der Waals surface area contributed by atoms with Crippen LogP contribution >= 0.6 is 11.8 Å². The molecule has 2 amide bonds. The number of carbonyl (C=O) groups excluding carboxylic acids is 2. The van der Waals surface area contributed by atoms with Crippen molar-refractivity contribution in [2.45, 2.75) is 31.6 Å². The topological polar surface area (TPSA) is 107 Å². The number of hydrogen-bond acceptors (Lipinski definition) is 7. The van der Waals surface area contributed by atoms with E-state index in [0.29, 0.717) is 16.4 Å². The molecule has 42 heavy (non-hydrogen) atoms. The maximum absolute atomic E-state index is 14.2. The minimum Gasteiger partial charge on any atom is -0.378 e. The maximum Gasteiger partial charge on any atom is 0.251 e. The summed E-state index contributed by atoms with van der Waals surface area (Å²) in [6.45, 7) is 3.99. The largest absolute Gasteiger partial charge is 0.378 e. The number of benzene rings is 2. The summed E-state index contributed by atoms with van der Waals surface area (Å²) in [5.74, 6) is -0.477. The van der Waals surface area contributed by atoms with Gasteiger partial charge in [0.1, 0.15) is 6.04 Å². The number of anilines is 2. The van der Waals surface area contributed by atoms with Crippen molar-refractivity contribution in [3.8, 4) is 0 Å². The van der Waals surface area contributed by atoms with Crippen LogP contribution in [0, 0.1) is 13.8 Å². The van der Waals surface area contributed by atoms with Crippen LogP contribution in [0.3, 0.4) is 0 Å². The number of pyridine rings is 1. The minimum absolute atomic E-state index is 0.0623. The number of fused-ring (bicyclic) bond motifs is 1. The number of hydrogen-bond donors (Lipinski definition) is 2. The summed E-state index contributed by atoms with van der Waals surface area (Å²) in [4.78, 5) is 48.4. The van der Waals surface area contributed by atoms with Crippen LogP contribution in [0.2, 0.25) is 0 Å². The fourth-order valence-electron chi connectivity index (χ4n) is 4.80. The fourth-order valence-corrected chi connectivity index (χ4v) is 5.64. The van der Waals surface area contributed by atoms with Crippen LogP contribution in [0.15, 0.2) is 90.5 Å². The molecular formula is C32H33N7O2S. The molecule has 0 aliphatic rings. The van der Waals surface area contributed by atoms with Gasteiger partial charge in [-0.05, 0) is 61.9 Å². The number of nitrogens with one attached hydrogen (secondary N) is 2. The SMILES string of the molecule is Cc1cc(C)nc(SCC(=O)N(Cc2cccnc2)[C@@H](C(=O)Nc2ccc(N(C)C)cc2)c2c[nH]c3ccccc23)n1. The Kier molecular flexibility index (Phi) is 8.83. The van der Waals surface area contributed by atoms with Crippen molar-refractivity contribution in [1.29, 1.82) is 0 Å². The molecule has 2 aromatic carbocycles. The predicted molar refractivity (Wildman–Crippen MR) is 167 cm³/mol. The number of rotatable bonds is 10. The van der Waals surface area contributed by atoms with Gasteiger partial charge in [-0.3, -0.25) is 14.6 Å². The summed E-state index contributed by atoms with van der Waals surface area (Å²) in [5.41, 5.74) is 5.72. The maximum atomic E-state index is 14.2. The Labute approximate surface area is 249 Å². The third kappa shape index (κ3) is 6.77. The van der Waals surface area contributed by atoms with Gasteiger partial charge in [0.2, 0.25) is 5.91 Å². The van der Waals surface area contributed by atoms with Crippen molar-refractivity contribution < 1.29 is 9.59 Å². The standard InChI is InChI=1S/C32H33N7O2S/c1-21-16-22(2)36-32(35-21)42-20-29(40)39(19-23-8-7-15-33-17-23)30(27-18-34-28-10-6-5-9-26(27)28)31(41)37-24-11-13-25(14-12-24)38(3)4/h5-18,30,34H,19-20H2,1-4H3,(H,37,41)/t30-/m1/s1. The molecule has 3 aromatic heterocycles. The minimum atomic E-state index is -0.928. The van der Waals surface area contributed by atoms with Gasteiger partial charge in [-0.1, -0.05) is 36.0 Å². The lowest BCUT2D eigenvalue weighted by molar-refractivity contribution is -0.137. The van der Waals surface area contributed by atoms with Crippen molar-refractivity contribution in [3.63, 3.8) is 0 Å². The summed E-state index contributed by atoms with van der Waals surface area (Å²) in [5, 5.41) is 4.45. The van der Waals surface area contributed by atoms with Gasteiger partial charge in [0.25, 0.3) is 5.91 Å². The highest BCUT2D eigenvalue weighted by Crippen LogP contribution is 2.32. The van der Waals surface area contributed by atoms with Gasteiger partial charge in [-0.15, -0.1) is 0 Å². The number of nitrogens with zero attached hydrogens (tertiary/aromatic N) is 5. The summed E-state index contributed by atoms with van der Waals surface area (Å²) in [6, 6.07) is 20.1. The molecule has 3 heterocycles. The van der Waals surface area contributed by atoms with Crippen LogP contribution in [0.5, 0.6) is 0 Å². The Morgan fingerprint density at radius 1 is 0.976 bits per heavy atom. The molecule has 0 unspecified atom stereocenters. The predicted octanol–water partition coefficient (Wildman–Crippen LogP) is 5.54. The van der Waals surface area contributed by atoms with E-state index in [1.165, 1.54) is 11.8 Å². The number of aromatic amines is 1.